The van der Waals surface area contributed by atoms with E-state index >= 15 is 0 Å². The minimum absolute atomic E-state index is 0.203. The van der Waals surface area contributed by atoms with Crippen LogP contribution >= 0.6 is 15.9 Å². The van der Waals surface area contributed by atoms with Crippen molar-refractivity contribution in [2.45, 2.75) is 17.9 Å². The molecule has 19 heavy (non-hydrogen) atoms. The summed E-state index contributed by atoms with van der Waals surface area (Å²) in [5.41, 5.74) is 8.37. The number of benzene rings is 2. The van der Waals surface area contributed by atoms with Gasteiger partial charge in [-0.15, -0.1) is 0 Å². The molecule has 0 saturated carbocycles. The number of nitrogens with two attached hydrogens (primary N) is 1. The molecule has 0 amide bonds. The van der Waals surface area contributed by atoms with Crippen molar-refractivity contribution in [3.8, 4) is 0 Å². The van der Waals surface area contributed by atoms with Gasteiger partial charge in [-0.25, -0.2) is 0 Å². The molecule has 100 valence electrons. The summed E-state index contributed by atoms with van der Waals surface area (Å²) >= 11 is 3.37. The highest BCUT2D eigenvalue weighted by Crippen LogP contribution is 2.19. The Kier molecular flexibility index (Phi) is 4.91. The Bertz CT molecular complexity index is 583. The van der Waals surface area contributed by atoms with Gasteiger partial charge in [0.05, 0.1) is 10.8 Å². The number of hydrogen-bond donors (Lipinski definition) is 1. The predicted molar refractivity (Wildman–Crippen MR) is 83.5 cm³/mol. The standard InChI is InChI=1S/C15H16BrNOS/c1-11-4-2-3-5-14(11)15(17)10-19(18)13-8-6-12(16)7-9-13/h2-9,15H,10,17H2,1H3. The fourth-order valence-electron chi connectivity index (χ4n) is 1.94. The third-order valence-corrected chi connectivity index (χ3v) is 4.98. The first-order valence-corrected chi connectivity index (χ1v) is 8.14. The molecular weight excluding hydrogens is 322 g/mol. The highest BCUT2D eigenvalue weighted by molar-refractivity contribution is 9.10. The van der Waals surface area contributed by atoms with Gasteiger partial charge in [-0.3, -0.25) is 4.21 Å². The van der Waals surface area contributed by atoms with Crippen molar-refractivity contribution in [2.24, 2.45) is 5.73 Å². The average molecular weight is 338 g/mol. The molecule has 2 aromatic rings. The maximum Gasteiger partial charge on any atom is 0.0548 e. The number of aryl methyl sites for hydroxylation is 1. The van der Waals surface area contributed by atoms with E-state index in [1.807, 2.05) is 55.5 Å². The zero-order valence-electron chi connectivity index (χ0n) is 10.7. The van der Waals surface area contributed by atoms with Crippen molar-refractivity contribution in [1.29, 1.82) is 0 Å². The van der Waals surface area contributed by atoms with E-state index in [2.05, 4.69) is 15.9 Å². The third-order valence-electron chi connectivity index (χ3n) is 3.00. The Morgan fingerprint density at radius 2 is 1.79 bits per heavy atom. The monoisotopic (exact) mass is 337 g/mol. The molecule has 0 radical (unpaired) electrons. The van der Waals surface area contributed by atoms with Crippen molar-refractivity contribution >= 4 is 26.7 Å². The quantitative estimate of drug-likeness (QED) is 0.926. The Morgan fingerprint density at radius 1 is 1.16 bits per heavy atom. The van der Waals surface area contributed by atoms with E-state index in [-0.39, 0.29) is 6.04 Å². The fraction of sp³-hybridized carbons (Fsp3) is 0.200. The van der Waals surface area contributed by atoms with Crippen LogP contribution in [0.5, 0.6) is 0 Å². The van der Waals surface area contributed by atoms with Crippen molar-refractivity contribution in [3.05, 3.63) is 64.1 Å². The molecule has 2 atom stereocenters. The molecule has 0 heterocycles. The summed E-state index contributed by atoms with van der Waals surface area (Å²) < 4.78 is 13.2. The summed E-state index contributed by atoms with van der Waals surface area (Å²) in [5, 5.41) is 0. The summed E-state index contributed by atoms with van der Waals surface area (Å²) in [6.45, 7) is 2.03. The van der Waals surface area contributed by atoms with Gasteiger partial charge < -0.3 is 5.73 Å². The van der Waals surface area contributed by atoms with Crippen LogP contribution in [0.25, 0.3) is 0 Å². The minimum Gasteiger partial charge on any atom is -0.323 e. The highest BCUT2D eigenvalue weighted by atomic mass is 79.9. The second-order valence-electron chi connectivity index (χ2n) is 4.43. The lowest BCUT2D eigenvalue weighted by atomic mass is 10.0. The molecule has 0 fully saturated rings. The lowest BCUT2D eigenvalue weighted by Gasteiger charge is -2.14. The van der Waals surface area contributed by atoms with E-state index in [1.165, 1.54) is 0 Å². The van der Waals surface area contributed by atoms with Crippen molar-refractivity contribution in [2.75, 3.05) is 5.75 Å². The van der Waals surface area contributed by atoms with Crippen LogP contribution in [0.1, 0.15) is 17.2 Å². The van der Waals surface area contributed by atoms with E-state index in [1.54, 1.807) is 0 Å². The molecule has 0 aromatic heterocycles. The van der Waals surface area contributed by atoms with Gasteiger partial charge in [0.15, 0.2) is 0 Å². The zero-order valence-corrected chi connectivity index (χ0v) is 13.1. The van der Waals surface area contributed by atoms with Crippen LogP contribution in [0.4, 0.5) is 0 Å². The molecule has 0 bridgehead atoms. The smallest absolute Gasteiger partial charge is 0.0548 e. The van der Waals surface area contributed by atoms with Gasteiger partial charge in [-0.05, 0) is 42.3 Å². The van der Waals surface area contributed by atoms with Crippen LogP contribution in [0, 0.1) is 6.92 Å². The SMILES string of the molecule is Cc1ccccc1C(N)CS(=O)c1ccc(Br)cc1. The predicted octanol–water partition coefficient (Wildman–Crippen LogP) is 3.57. The zero-order chi connectivity index (χ0) is 13.8. The molecule has 2 N–H and O–H groups in total. The van der Waals surface area contributed by atoms with Crippen LogP contribution in [0.2, 0.25) is 0 Å². The molecule has 2 unspecified atom stereocenters. The number of rotatable bonds is 4. The normalized spacial score (nSPS) is 14.1. The van der Waals surface area contributed by atoms with Gasteiger partial charge in [0.1, 0.15) is 0 Å². The van der Waals surface area contributed by atoms with Crippen molar-refractivity contribution in [1.82, 2.24) is 0 Å². The van der Waals surface area contributed by atoms with Crippen LogP contribution in [0.3, 0.4) is 0 Å². The molecule has 0 aliphatic carbocycles. The van der Waals surface area contributed by atoms with Gasteiger partial charge in [-0.2, -0.15) is 0 Å². The lowest BCUT2D eigenvalue weighted by molar-refractivity contribution is 0.675. The summed E-state index contributed by atoms with van der Waals surface area (Å²) in [5.74, 6) is 0.437. The van der Waals surface area contributed by atoms with Crippen LogP contribution in [0.15, 0.2) is 57.9 Å². The lowest BCUT2D eigenvalue weighted by Crippen LogP contribution is -2.19. The molecule has 2 nitrogen and oxygen atoms in total. The largest absolute Gasteiger partial charge is 0.323 e. The van der Waals surface area contributed by atoms with Crippen molar-refractivity contribution < 1.29 is 4.21 Å². The minimum atomic E-state index is -1.08. The molecule has 0 aliphatic heterocycles. The number of hydrogen-bond acceptors (Lipinski definition) is 2. The summed E-state index contributed by atoms with van der Waals surface area (Å²) in [4.78, 5) is 0.812. The van der Waals surface area contributed by atoms with Gasteiger partial charge in [0, 0.05) is 21.2 Å². The van der Waals surface area contributed by atoms with E-state index < -0.39 is 10.8 Å². The van der Waals surface area contributed by atoms with Crippen LogP contribution in [-0.4, -0.2) is 9.96 Å². The maximum atomic E-state index is 12.3. The summed E-state index contributed by atoms with van der Waals surface area (Å²) in [7, 11) is -1.08. The Morgan fingerprint density at radius 3 is 2.42 bits per heavy atom. The Hall–Kier alpha value is -0.970. The molecule has 4 heteroatoms. The van der Waals surface area contributed by atoms with Gasteiger partial charge in [0.2, 0.25) is 0 Å². The average Bonchev–Trinajstić information content (AvgIpc) is 2.39. The molecular formula is C15H16BrNOS. The number of halogens is 1. The third kappa shape index (κ3) is 3.75. The highest BCUT2D eigenvalue weighted by Gasteiger charge is 2.13. The molecule has 0 aliphatic rings. The maximum absolute atomic E-state index is 12.3. The van der Waals surface area contributed by atoms with Crippen LogP contribution in [-0.2, 0) is 10.8 Å². The first-order valence-electron chi connectivity index (χ1n) is 6.03. The first-order chi connectivity index (χ1) is 9.08. The molecule has 2 aromatic carbocycles. The fourth-order valence-corrected chi connectivity index (χ4v) is 3.34. The Labute approximate surface area is 124 Å². The van der Waals surface area contributed by atoms with E-state index in [4.69, 9.17) is 5.73 Å². The van der Waals surface area contributed by atoms with Gasteiger partial charge in [-0.1, -0.05) is 40.2 Å². The summed E-state index contributed by atoms with van der Waals surface area (Å²) in [6.07, 6.45) is 0. The van der Waals surface area contributed by atoms with E-state index in [0.29, 0.717) is 5.75 Å². The second-order valence-corrected chi connectivity index (χ2v) is 6.84. The van der Waals surface area contributed by atoms with E-state index in [9.17, 15) is 4.21 Å². The molecule has 2 rings (SSSR count). The molecule has 0 saturated heterocycles. The van der Waals surface area contributed by atoms with Crippen LogP contribution < -0.4 is 5.73 Å². The van der Waals surface area contributed by atoms with Gasteiger partial charge in [0.25, 0.3) is 0 Å². The first kappa shape index (κ1) is 14.4. The van der Waals surface area contributed by atoms with Crippen molar-refractivity contribution in [3.63, 3.8) is 0 Å². The topological polar surface area (TPSA) is 43.1 Å². The molecule has 0 spiro atoms. The van der Waals surface area contributed by atoms with Gasteiger partial charge >= 0.3 is 0 Å². The van der Waals surface area contributed by atoms with E-state index in [0.717, 1.165) is 20.5 Å². The second kappa shape index (κ2) is 6.46. The Balaban J connectivity index is 2.11. The summed E-state index contributed by atoms with van der Waals surface area (Å²) in [6, 6.07) is 15.3.